The molecule has 0 radical (unpaired) electrons. The first-order valence-electron chi connectivity index (χ1n) is 5.59. The monoisotopic (exact) mass is 251 g/mol. The molecule has 8 nitrogen and oxygen atoms in total. The smallest absolute Gasteiger partial charge is 0.332 e. The molecule has 18 heavy (non-hydrogen) atoms. The Hall–Kier alpha value is -2.09. The van der Waals surface area contributed by atoms with E-state index in [1.165, 1.54) is 11.6 Å². The molecule has 0 saturated carbocycles. The highest BCUT2D eigenvalue weighted by Gasteiger charge is 2.23. The molecule has 1 aliphatic heterocycles. The van der Waals surface area contributed by atoms with Gasteiger partial charge in [-0.2, -0.15) is 4.98 Å². The summed E-state index contributed by atoms with van der Waals surface area (Å²) in [5, 5.41) is 12.6. The molecule has 3 rings (SSSR count). The lowest BCUT2D eigenvalue weighted by Crippen LogP contribution is -2.38. The van der Waals surface area contributed by atoms with Gasteiger partial charge in [-0.25, -0.2) is 4.79 Å². The number of rotatable bonds is 0. The van der Waals surface area contributed by atoms with Crippen molar-refractivity contribution in [3.8, 4) is 0 Å². The van der Waals surface area contributed by atoms with Crippen LogP contribution in [0.2, 0.25) is 0 Å². The molecule has 0 amide bonds. The molecule has 2 N–H and O–H groups in total. The lowest BCUT2D eigenvalue weighted by Gasteiger charge is -2.20. The van der Waals surface area contributed by atoms with E-state index in [1.807, 2.05) is 0 Å². The number of imidazole rings is 1. The first-order valence-corrected chi connectivity index (χ1v) is 5.59. The molecule has 1 atom stereocenters. The van der Waals surface area contributed by atoms with Crippen LogP contribution in [-0.4, -0.2) is 36.4 Å². The Morgan fingerprint density at radius 2 is 2.06 bits per heavy atom. The van der Waals surface area contributed by atoms with Crippen LogP contribution in [-0.2, 0) is 20.6 Å². The van der Waals surface area contributed by atoms with Crippen molar-refractivity contribution in [1.29, 1.82) is 0 Å². The predicted molar refractivity (Wildman–Crippen MR) is 64.7 cm³/mol. The number of hydrogen-bond acceptors (Lipinski definition) is 5. The van der Waals surface area contributed by atoms with E-state index in [-0.39, 0.29) is 0 Å². The van der Waals surface area contributed by atoms with Gasteiger partial charge in [-0.15, -0.1) is 0 Å². The molecule has 0 aromatic carbocycles. The second kappa shape index (κ2) is 3.45. The maximum atomic E-state index is 12.1. The highest BCUT2D eigenvalue weighted by Crippen LogP contribution is 2.19. The standard InChI is InChI=1S/C10H13N5O3/c1-13-7-6(8(17)14(2)10(13)18)15-4-5(16)3-11-9(15)12-7/h5,16H,3-4H2,1-2H3,(H,11,12). The quantitative estimate of drug-likeness (QED) is 0.577. The largest absolute Gasteiger partial charge is 0.389 e. The van der Waals surface area contributed by atoms with Crippen LogP contribution >= 0.6 is 0 Å². The SMILES string of the molecule is Cn1c(=O)c2c(nc3n2CC(O)CN3)n(C)c1=O. The third-order valence-corrected chi connectivity index (χ3v) is 3.24. The topological polar surface area (TPSA) is 94.1 Å². The predicted octanol–water partition coefficient (Wildman–Crippen LogP) is -1.78. The van der Waals surface area contributed by atoms with Crippen molar-refractivity contribution in [2.24, 2.45) is 14.1 Å². The minimum Gasteiger partial charge on any atom is -0.389 e. The fraction of sp³-hybridized carbons (Fsp3) is 0.500. The van der Waals surface area contributed by atoms with Crippen LogP contribution in [0.3, 0.4) is 0 Å². The van der Waals surface area contributed by atoms with Gasteiger partial charge in [0.1, 0.15) is 0 Å². The van der Waals surface area contributed by atoms with Gasteiger partial charge in [-0.1, -0.05) is 0 Å². The van der Waals surface area contributed by atoms with Crippen LogP contribution < -0.4 is 16.6 Å². The average Bonchev–Trinajstić information content (AvgIpc) is 2.72. The molecule has 1 aliphatic rings. The van der Waals surface area contributed by atoms with Crippen LogP contribution in [0.4, 0.5) is 5.95 Å². The molecule has 1 unspecified atom stereocenters. The van der Waals surface area contributed by atoms with Gasteiger partial charge < -0.3 is 15.0 Å². The van der Waals surface area contributed by atoms with Gasteiger partial charge >= 0.3 is 5.69 Å². The van der Waals surface area contributed by atoms with Crippen molar-refractivity contribution in [3.63, 3.8) is 0 Å². The number of anilines is 1. The third-order valence-electron chi connectivity index (χ3n) is 3.24. The van der Waals surface area contributed by atoms with E-state index in [0.717, 1.165) is 4.57 Å². The normalized spacial score (nSPS) is 18.7. The Balaban J connectivity index is 2.49. The van der Waals surface area contributed by atoms with Crippen molar-refractivity contribution >= 4 is 17.1 Å². The van der Waals surface area contributed by atoms with Gasteiger partial charge in [-0.05, 0) is 0 Å². The number of nitrogens with zero attached hydrogens (tertiary/aromatic N) is 4. The van der Waals surface area contributed by atoms with Gasteiger partial charge in [0.05, 0.1) is 12.6 Å². The molecule has 3 heterocycles. The fourth-order valence-electron chi connectivity index (χ4n) is 2.24. The highest BCUT2D eigenvalue weighted by molar-refractivity contribution is 5.74. The van der Waals surface area contributed by atoms with E-state index in [4.69, 9.17) is 0 Å². The fourth-order valence-corrected chi connectivity index (χ4v) is 2.24. The summed E-state index contributed by atoms with van der Waals surface area (Å²) in [4.78, 5) is 28.1. The van der Waals surface area contributed by atoms with Gasteiger partial charge in [0.25, 0.3) is 5.56 Å². The van der Waals surface area contributed by atoms with E-state index in [2.05, 4.69) is 10.3 Å². The number of aromatic nitrogens is 4. The van der Waals surface area contributed by atoms with Gasteiger partial charge in [-0.3, -0.25) is 13.9 Å². The van der Waals surface area contributed by atoms with E-state index in [1.54, 1.807) is 11.6 Å². The molecular formula is C10H13N5O3. The second-order valence-electron chi connectivity index (χ2n) is 4.46. The summed E-state index contributed by atoms with van der Waals surface area (Å²) in [5.74, 6) is 0.508. The molecule has 8 heteroatoms. The molecule has 0 saturated heterocycles. The van der Waals surface area contributed by atoms with E-state index in [0.29, 0.717) is 30.2 Å². The summed E-state index contributed by atoms with van der Waals surface area (Å²) in [6, 6.07) is 0. The minimum atomic E-state index is -0.572. The molecule has 0 aliphatic carbocycles. The summed E-state index contributed by atoms with van der Waals surface area (Å²) < 4.78 is 3.99. The summed E-state index contributed by atoms with van der Waals surface area (Å²) in [7, 11) is 3.00. The van der Waals surface area contributed by atoms with Crippen molar-refractivity contribution in [2.45, 2.75) is 12.6 Å². The van der Waals surface area contributed by atoms with E-state index < -0.39 is 17.4 Å². The molecular weight excluding hydrogens is 238 g/mol. The summed E-state index contributed by atoms with van der Waals surface area (Å²) in [6.45, 7) is 0.684. The molecule has 96 valence electrons. The first-order chi connectivity index (χ1) is 8.50. The Bertz CT molecular complexity index is 753. The maximum Gasteiger partial charge on any atom is 0.332 e. The Morgan fingerprint density at radius 3 is 2.78 bits per heavy atom. The minimum absolute atomic E-state index is 0.298. The van der Waals surface area contributed by atoms with Crippen molar-refractivity contribution in [3.05, 3.63) is 20.8 Å². The van der Waals surface area contributed by atoms with Crippen molar-refractivity contribution in [2.75, 3.05) is 11.9 Å². The zero-order valence-corrected chi connectivity index (χ0v) is 10.0. The number of aliphatic hydroxyl groups excluding tert-OH is 1. The van der Waals surface area contributed by atoms with Gasteiger partial charge in [0, 0.05) is 20.6 Å². The van der Waals surface area contributed by atoms with Gasteiger partial charge in [0.15, 0.2) is 11.2 Å². The third kappa shape index (κ3) is 1.26. The number of β-amino-alcohol motifs (C(OH)–C–C–N with tert-alkyl or cyclic N) is 1. The average molecular weight is 251 g/mol. The Labute approximate surface area is 101 Å². The van der Waals surface area contributed by atoms with Gasteiger partial charge in [0.2, 0.25) is 5.95 Å². The summed E-state index contributed by atoms with van der Waals surface area (Å²) in [5.41, 5.74) is -0.146. The van der Waals surface area contributed by atoms with E-state index in [9.17, 15) is 14.7 Å². The number of aliphatic hydroxyl groups is 1. The van der Waals surface area contributed by atoms with Crippen molar-refractivity contribution in [1.82, 2.24) is 18.7 Å². The van der Waals surface area contributed by atoms with Crippen LogP contribution in [0.15, 0.2) is 9.59 Å². The van der Waals surface area contributed by atoms with Crippen LogP contribution in [0.5, 0.6) is 0 Å². The number of nitrogens with one attached hydrogen (secondary N) is 1. The second-order valence-corrected chi connectivity index (χ2v) is 4.46. The molecule has 0 bridgehead atoms. The van der Waals surface area contributed by atoms with Crippen molar-refractivity contribution < 1.29 is 5.11 Å². The summed E-state index contributed by atoms with van der Waals surface area (Å²) in [6.07, 6.45) is -0.572. The molecule has 0 fully saturated rings. The Morgan fingerprint density at radius 1 is 1.33 bits per heavy atom. The lowest BCUT2D eigenvalue weighted by atomic mass is 10.3. The Kier molecular flexibility index (Phi) is 2.11. The number of fused-ring (bicyclic) bond motifs is 3. The van der Waals surface area contributed by atoms with Crippen LogP contribution in [0.1, 0.15) is 0 Å². The first kappa shape index (κ1) is 11.0. The molecule has 2 aromatic heterocycles. The van der Waals surface area contributed by atoms with Crippen LogP contribution in [0.25, 0.3) is 11.2 Å². The zero-order chi connectivity index (χ0) is 13.0. The number of aryl methyl sites for hydroxylation is 1. The number of hydrogen-bond donors (Lipinski definition) is 2. The molecule has 0 spiro atoms. The van der Waals surface area contributed by atoms with E-state index >= 15 is 0 Å². The lowest BCUT2D eigenvalue weighted by molar-refractivity contribution is 0.161. The highest BCUT2D eigenvalue weighted by atomic mass is 16.3. The maximum absolute atomic E-state index is 12.1. The molecule has 2 aromatic rings. The van der Waals surface area contributed by atoms with Crippen LogP contribution in [0, 0.1) is 0 Å². The zero-order valence-electron chi connectivity index (χ0n) is 10.0. The summed E-state index contributed by atoms with van der Waals surface area (Å²) >= 11 is 0.